The molecule has 0 spiro atoms. The number of hydrogen-bond donors (Lipinski definition) is 1. The van der Waals surface area contributed by atoms with Gasteiger partial charge < -0.3 is 18.9 Å². The van der Waals surface area contributed by atoms with Crippen molar-refractivity contribution in [1.29, 1.82) is 0 Å². The molecule has 0 saturated heterocycles. The predicted molar refractivity (Wildman–Crippen MR) is 256 cm³/mol. The quantitative estimate of drug-likeness (QED) is 0.0212. The Morgan fingerprint density at radius 1 is 0.525 bits per heavy atom. The van der Waals surface area contributed by atoms with Gasteiger partial charge in [0.15, 0.2) is 6.10 Å². The first-order chi connectivity index (χ1) is 29.5. The monoisotopic (exact) mass is 879 g/mol. The van der Waals surface area contributed by atoms with E-state index in [1.165, 1.54) is 109 Å². The summed E-state index contributed by atoms with van der Waals surface area (Å²) in [7, 11) is 1.44. The van der Waals surface area contributed by atoms with Gasteiger partial charge in [-0.25, -0.2) is 4.57 Å². The molecule has 1 unspecified atom stereocenters. The zero-order valence-electron chi connectivity index (χ0n) is 39.9. The van der Waals surface area contributed by atoms with Gasteiger partial charge in [-0.3, -0.25) is 18.6 Å². The lowest BCUT2D eigenvalue weighted by Gasteiger charge is -2.24. The summed E-state index contributed by atoms with van der Waals surface area (Å²) in [5.74, 6) is -0.863. The number of rotatable bonds is 44. The number of carbonyl (C=O) groups excluding carboxylic acids is 2. The molecule has 0 fully saturated rings. The van der Waals surface area contributed by atoms with Gasteiger partial charge in [0.25, 0.3) is 0 Å². The summed E-state index contributed by atoms with van der Waals surface area (Å²) in [6.07, 6.45) is 52.8. The Balaban J connectivity index is 4.34. The number of allylic oxidation sites excluding steroid dienone is 10. The molecule has 354 valence electrons. The summed E-state index contributed by atoms with van der Waals surface area (Å²) in [5, 5.41) is 0. The predicted octanol–water partition coefficient (Wildman–Crippen LogP) is 14.4. The van der Waals surface area contributed by atoms with Crippen molar-refractivity contribution >= 4 is 19.8 Å². The Morgan fingerprint density at radius 3 is 1.38 bits per heavy atom. The van der Waals surface area contributed by atoms with Crippen molar-refractivity contribution in [3.8, 4) is 0 Å². The lowest BCUT2D eigenvalue weighted by atomic mass is 10.0. The van der Waals surface area contributed by atoms with Crippen molar-refractivity contribution in [2.24, 2.45) is 0 Å². The number of phosphoric ester groups is 1. The molecule has 0 aliphatic rings. The van der Waals surface area contributed by atoms with Crippen LogP contribution in [0.15, 0.2) is 60.8 Å². The lowest BCUT2D eigenvalue weighted by Crippen LogP contribution is -2.37. The van der Waals surface area contributed by atoms with Gasteiger partial charge in [0.05, 0.1) is 27.7 Å². The second-order valence-corrected chi connectivity index (χ2v) is 18.9. The first-order valence-corrected chi connectivity index (χ1v) is 26.0. The molecule has 0 rings (SSSR count). The minimum Gasteiger partial charge on any atom is -0.462 e. The molecule has 0 radical (unpaired) electrons. The Morgan fingerprint density at radius 2 is 0.934 bits per heavy atom. The van der Waals surface area contributed by atoms with Crippen LogP contribution in [0.1, 0.15) is 200 Å². The SMILES string of the molecule is CC/C=C/C/C=C/C/C=C/C/C=C/C/C=C/CCCC(=O)O[C@H](COC(=O)CCCCCCCCCCCCCCCCCCCCCC)COP(=O)(O)OCC[N+](C)(C)C. The Bertz CT molecular complexity index is 1220. The van der Waals surface area contributed by atoms with E-state index in [4.69, 9.17) is 18.5 Å². The number of ether oxygens (including phenoxy) is 2. The number of hydrogen-bond acceptors (Lipinski definition) is 7. The second kappa shape index (κ2) is 43.0. The molecule has 0 amide bonds. The molecule has 0 saturated carbocycles. The van der Waals surface area contributed by atoms with Crippen molar-refractivity contribution in [2.45, 2.75) is 206 Å². The third-order valence-electron chi connectivity index (χ3n) is 10.3. The molecule has 0 aromatic heterocycles. The van der Waals surface area contributed by atoms with E-state index >= 15 is 0 Å². The van der Waals surface area contributed by atoms with Gasteiger partial charge in [0.1, 0.15) is 19.8 Å². The summed E-state index contributed by atoms with van der Waals surface area (Å²) in [6, 6.07) is 0. The van der Waals surface area contributed by atoms with Crippen LogP contribution >= 0.6 is 7.82 Å². The van der Waals surface area contributed by atoms with Gasteiger partial charge >= 0.3 is 19.8 Å². The number of carbonyl (C=O) groups is 2. The van der Waals surface area contributed by atoms with E-state index in [1.54, 1.807) is 0 Å². The van der Waals surface area contributed by atoms with Crippen molar-refractivity contribution < 1.29 is 42.1 Å². The molecule has 0 bridgehead atoms. The van der Waals surface area contributed by atoms with Crippen LogP contribution in [0.4, 0.5) is 0 Å². The van der Waals surface area contributed by atoms with Crippen molar-refractivity contribution in [2.75, 3.05) is 47.5 Å². The number of quaternary nitrogens is 1. The van der Waals surface area contributed by atoms with Crippen molar-refractivity contribution in [3.05, 3.63) is 60.8 Å². The normalized spacial score (nSPS) is 14.0. The Hall–Kier alpha value is -2.29. The van der Waals surface area contributed by atoms with Crippen LogP contribution in [-0.2, 0) is 32.7 Å². The zero-order chi connectivity index (χ0) is 45.0. The van der Waals surface area contributed by atoms with Crippen LogP contribution < -0.4 is 0 Å². The molecule has 0 aromatic carbocycles. The van der Waals surface area contributed by atoms with Crippen LogP contribution in [-0.4, -0.2) is 74.9 Å². The molecule has 0 aliphatic heterocycles. The maximum absolute atomic E-state index is 12.7. The lowest BCUT2D eigenvalue weighted by molar-refractivity contribution is -0.870. The number of esters is 2. The number of likely N-dealkylation sites (N-methyl/N-ethyl adjacent to an activating group) is 1. The van der Waals surface area contributed by atoms with Gasteiger partial charge in [0, 0.05) is 12.8 Å². The van der Waals surface area contributed by atoms with Crippen molar-refractivity contribution in [1.82, 2.24) is 0 Å². The molecule has 61 heavy (non-hydrogen) atoms. The third kappa shape index (κ3) is 47.0. The molecule has 0 heterocycles. The average Bonchev–Trinajstić information content (AvgIpc) is 3.21. The summed E-state index contributed by atoms with van der Waals surface area (Å²) in [4.78, 5) is 35.5. The molecule has 1 N–H and O–H groups in total. The van der Waals surface area contributed by atoms with E-state index in [0.717, 1.165) is 51.4 Å². The van der Waals surface area contributed by atoms with Crippen molar-refractivity contribution in [3.63, 3.8) is 0 Å². The fourth-order valence-corrected chi connectivity index (χ4v) is 7.26. The highest BCUT2D eigenvalue weighted by Crippen LogP contribution is 2.43. The zero-order valence-corrected chi connectivity index (χ0v) is 40.8. The van der Waals surface area contributed by atoms with Crippen LogP contribution in [0, 0.1) is 0 Å². The molecule has 9 nitrogen and oxygen atoms in total. The number of nitrogens with zero attached hydrogens (tertiary/aromatic N) is 1. The van der Waals surface area contributed by atoms with E-state index in [0.29, 0.717) is 23.9 Å². The highest BCUT2D eigenvalue weighted by Gasteiger charge is 2.27. The topological polar surface area (TPSA) is 108 Å². The average molecular weight is 879 g/mol. The fourth-order valence-electron chi connectivity index (χ4n) is 6.52. The maximum atomic E-state index is 12.7. The van der Waals surface area contributed by atoms with Gasteiger partial charge in [-0.05, 0) is 51.4 Å². The number of phosphoric acid groups is 1. The highest BCUT2D eigenvalue weighted by atomic mass is 31.2. The first-order valence-electron chi connectivity index (χ1n) is 24.5. The standard InChI is InChI=1S/C51H92NO8P/c1-6-8-10-12-14-16-18-20-22-24-25-26-28-29-31-33-35-37-39-41-43-50(53)57-47-49(48-59-61(55,56)58-46-45-52(3,4)5)60-51(54)44-42-40-38-36-34-32-30-27-23-21-19-17-15-13-11-9-7-2/h9,11,15,17,21,23,30,32,36,38,49H,6-8,10,12-14,16,18-20,22,24-29,31,33-35,37,39-48H2,1-5H3/p+1/b11-9+,17-15+,23-21+,32-30+,38-36+/t49-/m1/s1. The third-order valence-corrected chi connectivity index (χ3v) is 11.3. The van der Waals surface area contributed by atoms with E-state index < -0.39 is 26.5 Å². The highest BCUT2D eigenvalue weighted by molar-refractivity contribution is 7.47. The smallest absolute Gasteiger partial charge is 0.462 e. The minimum atomic E-state index is -4.39. The summed E-state index contributed by atoms with van der Waals surface area (Å²) in [5.41, 5.74) is 0. The van der Waals surface area contributed by atoms with Crippen LogP contribution in [0.3, 0.4) is 0 Å². The summed E-state index contributed by atoms with van der Waals surface area (Å²) >= 11 is 0. The molecule has 0 aliphatic carbocycles. The molecular weight excluding hydrogens is 786 g/mol. The van der Waals surface area contributed by atoms with E-state index in [2.05, 4.69) is 68.5 Å². The van der Waals surface area contributed by atoms with Gasteiger partial charge in [-0.2, -0.15) is 0 Å². The molecule has 10 heteroatoms. The summed E-state index contributed by atoms with van der Waals surface area (Å²) in [6.45, 7) is 4.26. The van der Waals surface area contributed by atoms with E-state index in [-0.39, 0.29) is 32.0 Å². The van der Waals surface area contributed by atoms with Crippen LogP contribution in [0.2, 0.25) is 0 Å². The Labute approximate surface area is 375 Å². The first kappa shape index (κ1) is 58.7. The maximum Gasteiger partial charge on any atom is 0.472 e. The van der Waals surface area contributed by atoms with E-state index in [9.17, 15) is 19.0 Å². The second-order valence-electron chi connectivity index (χ2n) is 17.5. The summed E-state index contributed by atoms with van der Waals surface area (Å²) < 4.78 is 34.3. The van der Waals surface area contributed by atoms with Gasteiger partial charge in [-0.15, -0.1) is 0 Å². The molecular formula is C51H93NO8P+. The van der Waals surface area contributed by atoms with Crippen LogP contribution in [0.5, 0.6) is 0 Å². The Kier molecular flexibility index (Phi) is 41.4. The van der Waals surface area contributed by atoms with Gasteiger partial charge in [0.2, 0.25) is 0 Å². The van der Waals surface area contributed by atoms with E-state index in [1.807, 2.05) is 27.2 Å². The number of unbranched alkanes of at least 4 members (excludes halogenated alkanes) is 20. The fraction of sp³-hybridized carbons (Fsp3) is 0.765. The largest absolute Gasteiger partial charge is 0.472 e. The molecule has 2 atom stereocenters. The van der Waals surface area contributed by atoms with Gasteiger partial charge in [-0.1, -0.05) is 197 Å². The van der Waals surface area contributed by atoms with Crippen LogP contribution in [0.25, 0.3) is 0 Å². The minimum absolute atomic E-state index is 0.0198. The molecule has 0 aromatic rings.